The lowest BCUT2D eigenvalue weighted by atomic mass is 9.41. The molecule has 0 amide bonds. The molecule has 0 heterocycles. The zero-order valence-electron chi connectivity index (χ0n) is 21.5. The lowest BCUT2D eigenvalue weighted by Crippen LogP contribution is -2.65. The standard InChI is InChI=1S/C29H48O3/c1-17(2)19(4)24(31)16-18(3)21-8-9-25-27(21,6)14-12-26-28(7)13-11-23(30)20(5)22(28)10-15-29(25,26)32/h17-18,20-23,25-26,30,32H,4,8-16H2,1-3,5-7H3/t18-,20+,21-,22+,23+,25-,26-,27-,28+,29-/m1/s1. The summed E-state index contributed by atoms with van der Waals surface area (Å²) in [5, 5.41) is 22.9. The molecule has 0 aromatic heterocycles. The van der Waals surface area contributed by atoms with Gasteiger partial charge in [-0.15, -0.1) is 0 Å². The number of fused-ring (bicyclic) bond motifs is 5. The van der Waals surface area contributed by atoms with Crippen LogP contribution in [0.15, 0.2) is 12.2 Å². The van der Waals surface area contributed by atoms with Crippen LogP contribution in [0.25, 0.3) is 0 Å². The van der Waals surface area contributed by atoms with E-state index < -0.39 is 5.60 Å². The van der Waals surface area contributed by atoms with Crippen LogP contribution in [0, 0.1) is 52.3 Å². The summed E-state index contributed by atoms with van der Waals surface area (Å²) in [6, 6.07) is 0. The molecule has 0 radical (unpaired) electrons. The molecule has 0 spiro atoms. The zero-order chi connectivity index (χ0) is 23.6. The number of aliphatic hydroxyl groups is 2. The van der Waals surface area contributed by atoms with E-state index in [2.05, 4.69) is 48.1 Å². The number of allylic oxidation sites excluding steroid dienone is 1. The molecule has 0 aromatic rings. The fraction of sp³-hybridized carbons (Fsp3) is 0.897. The molecule has 4 aliphatic carbocycles. The average molecular weight is 445 g/mol. The van der Waals surface area contributed by atoms with Crippen LogP contribution < -0.4 is 0 Å². The molecular weight excluding hydrogens is 396 g/mol. The maximum atomic E-state index is 12.8. The first-order valence-electron chi connectivity index (χ1n) is 13.5. The third-order valence-corrected chi connectivity index (χ3v) is 11.6. The van der Waals surface area contributed by atoms with Crippen molar-refractivity contribution in [2.75, 3.05) is 0 Å². The highest BCUT2D eigenvalue weighted by molar-refractivity contribution is 5.95. The lowest BCUT2D eigenvalue weighted by molar-refractivity contribution is -0.235. The molecule has 3 heteroatoms. The molecule has 10 atom stereocenters. The van der Waals surface area contributed by atoms with Gasteiger partial charge in [-0.3, -0.25) is 4.79 Å². The van der Waals surface area contributed by atoms with Crippen molar-refractivity contribution < 1.29 is 15.0 Å². The predicted octanol–water partition coefficient (Wildman–Crippen LogP) is 6.17. The van der Waals surface area contributed by atoms with Gasteiger partial charge in [0.1, 0.15) is 0 Å². The number of ketones is 1. The molecule has 182 valence electrons. The van der Waals surface area contributed by atoms with E-state index in [1.54, 1.807) is 0 Å². The van der Waals surface area contributed by atoms with Crippen LogP contribution in [-0.2, 0) is 4.79 Å². The van der Waals surface area contributed by atoms with Crippen molar-refractivity contribution >= 4 is 5.78 Å². The van der Waals surface area contributed by atoms with Gasteiger partial charge in [-0.2, -0.15) is 0 Å². The van der Waals surface area contributed by atoms with Crippen LogP contribution in [-0.4, -0.2) is 27.7 Å². The molecule has 0 aromatic carbocycles. The smallest absolute Gasteiger partial charge is 0.158 e. The summed E-state index contributed by atoms with van der Waals surface area (Å²) >= 11 is 0. The molecule has 3 nitrogen and oxygen atoms in total. The zero-order valence-corrected chi connectivity index (χ0v) is 21.5. The number of aliphatic hydroxyl groups excluding tert-OH is 1. The Morgan fingerprint density at radius 1 is 0.969 bits per heavy atom. The van der Waals surface area contributed by atoms with Gasteiger partial charge in [0.25, 0.3) is 0 Å². The van der Waals surface area contributed by atoms with Crippen molar-refractivity contribution in [3.8, 4) is 0 Å². The summed E-state index contributed by atoms with van der Waals surface area (Å²) in [4.78, 5) is 12.8. The fourth-order valence-electron chi connectivity index (χ4n) is 9.65. The summed E-state index contributed by atoms with van der Waals surface area (Å²) in [5.74, 6) is 2.83. The summed E-state index contributed by atoms with van der Waals surface area (Å²) in [7, 11) is 0. The highest BCUT2D eigenvalue weighted by Gasteiger charge is 2.67. The molecule has 2 N–H and O–H groups in total. The molecule has 0 aliphatic heterocycles. The second kappa shape index (κ2) is 8.22. The molecule has 4 rings (SSSR count). The first-order chi connectivity index (χ1) is 14.9. The molecule has 0 unspecified atom stereocenters. The first-order valence-corrected chi connectivity index (χ1v) is 13.5. The molecule has 4 aliphatic rings. The molecule has 0 bridgehead atoms. The summed E-state index contributed by atoms with van der Waals surface area (Å²) in [5.41, 5.74) is 0.438. The van der Waals surface area contributed by atoms with E-state index in [0.29, 0.717) is 41.9 Å². The van der Waals surface area contributed by atoms with Gasteiger partial charge in [-0.05, 0) is 109 Å². The molecule has 0 saturated heterocycles. The number of carbonyl (C=O) groups is 1. The van der Waals surface area contributed by atoms with Gasteiger partial charge in [-0.25, -0.2) is 0 Å². The highest BCUT2D eigenvalue weighted by Crippen LogP contribution is 2.70. The number of hydrogen-bond acceptors (Lipinski definition) is 3. The van der Waals surface area contributed by atoms with Gasteiger partial charge in [0.2, 0.25) is 0 Å². The van der Waals surface area contributed by atoms with Crippen molar-refractivity contribution in [2.24, 2.45) is 52.3 Å². The molecule has 4 saturated carbocycles. The first kappa shape index (κ1) is 24.5. The molecule has 4 fully saturated rings. The second-order valence-corrected chi connectivity index (χ2v) is 13.2. The number of hydrogen-bond donors (Lipinski definition) is 2. The van der Waals surface area contributed by atoms with Gasteiger partial charge in [0.15, 0.2) is 5.78 Å². The monoisotopic (exact) mass is 444 g/mol. The lowest BCUT2D eigenvalue weighted by Gasteiger charge is -2.65. The van der Waals surface area contributed by atoms with Gasteiger partial charge in [0, 0.05) is 6.42 Å². The Morgan fingerprint density at radius 3 is 2.25 bits per heavy atom. The predicted molar refractivity (Wildman–Crippen MR) is 130 cm³/mol. The van der Waals surface area contributed by atoms with Gasteiger partial charge in [-0.1, -0.05) is 48.1 Å². The maximum absolute atomic E-state index is 12.8. The Hall–Kier alpha value is -0.670. The van der Waals surface area contributed by atoms with Crippen LogP contribution >= 0.6 is 0 Å². The van der Waals surface area contributed by atoms with E-state index in [-0.39, 0.29) is 28.6 Å². The number of Topliss-reactive ketones (excluding diaryl/α,β-unsaturated/α-hetero) is 1. The Morgan fingerprint density at radius 2 is 1.59 bits per heavy atom. The largest absolute Gasteiger partial charge is 0.393 e. The van der Waals surface area contributed by atoms with E-state index in [0.717, 1.165) is 56.9 Å². The molecular formula is C29H48O3. The van der Waals surface area contributed by atoms with Crippen molar-refractivity contribution in [3.05, 3.63) is 12.2 Å². The van der Waals surface area contributed by atoms with E-state index >= 15 is 0 Å². The van der Waals surface area contributed by atoms with Crippen LogP contribution in [0.1, 0.15) is 99.3 Å². The summed E-state index contributed by atoms with van der Waals surface area (Å²) in [6.07, 6.45) is 8.76. The van der Waals surface area contributed by atoms with Crippen LogP contribution in [0.5, 0.6) is 0 Å². The van der Waals surface area contributed by atoms with E-state index in [4.69, 9.17) is 0 Å². The van der Waals surface area contributed by atoms with Crippen molar-refractivity contribution in [3.63, 3.8) is 0 Å². The summed E-state index contributed by atoms with van der Waals surface area (Å²) in [6.45, 7) is 17.5. The Kier molecular flexibility index (Phi) is 6.28. The number of carbonyl (C=O) groups excluding carboxylic acids is 1. The van der Waals surface area contributed by atoms with Crippen LogP contribution in [0.2, 0.25) is 0 Å². The highest BCUT2D eigenvalue weighted by atomic mass is 16.3. The average Bonchev–Trinajstić information content (AvgIpc) is 3.08. The topological polar surface area (TPSA) is 57.5 Å². The fourth-order valence-corrected chi connectivity index (χ4v) is 9.65. The molecule has 32 heavy (non-hydrogen) atoms. The normalized spacial score (nSPS) is 49.2. The van der Waals surface area contributed by atoms with Crippen LogP contribution in [0.4, 0.5) is 0 Å². The maximum Gasteiger partial charge on any atom is 0.158 e. The van der Waals surface area contributed by atoms with E-state index in [1.165, 1.54) is 0 Å². The minimum atomic E-state index is -0.583. The van der Waals surface area contributed by atoms with Gasteiger partial charge in [0.05, 0.1) is 11.7 Å². The summed E-state index contributed by atoms with van der Waals surface area (Å²) < 4.78 is 0. The van der Waals surface area contributed by atoms with Crippen molar-refractivity contribution in [2.45, 2.75) is 111 Å². The van der Waals surface area contributed by atoms with Gasteiger partial charge < -0.3 is 10.2 Å². The van der Waals surface area contributed by atoms with Crippen molar-refractivity contribution in [1.29, 1.82) is 0 Å². The quantitative estimate of drug-likeness (QED) is 0.498. The van der Waals surface area contributed by atoms with Gasteiger partial charge >= 0.3 is 0 Å². The Balaban J connectivity index is 1.56. The minimum absolute atomic E-state index is 0.118. The second-order valence-electron chi connectivity index (χ2n) is 13.2. The Bertz CT molecular complexity index is 758. The Labute approximate surface area is 196 Å². The van der Waals surface area contributed by atoms with Crippen LogP contribution in [0.3, 0.4) is 0 Å². The SMILES string of the molecule is C=C(C(=O)C[C@@H](C)[C@H]1CC[C@@H]2[C@]1(C)CC[C@@H]1[C@@]3(C)CC[C@H](O)[C@@H](C)[C@@H]3CC[C@@]21O)C(C)C. The third kappa shape index (κ3) is 3.47. The number of rotatable bonds is 5. The third-order valence-electron chi connectivity index (χ3n) is 11.6. The van der Waals surface area contributed by atoms with Crippen molar-refractivity contribution in [1.82, 2.24) is 0 Å². The minimum Gasteiger partial charge on any atom is -0.393 e. The van der Waals surface area contributed by atoms with E-state index in [1.807, 2.05) is 0 Å². The van der Waals surface area contributed by atoms with E-state index in [9.17, 15) is 15.0 Å².